The average molecular weight is 791 g/mol. The fourth-order valence-electron chi connectivity index (χ4n) is 8.03. The SMILES string of the molecule is Cn1cc(-c2ccc(CN3CCc4c(cccc4CN4CCN(c5ccc(NC6CCC(=O)NC6=O)cc5)C(F)(F)C4)C3)c(OC(F)(F)F)c2)c2cn[nH]c2c1=O. The number of aromatic nitrogens is 3. The lowest BCUT2D eigenvalue weighted by Gasteiger charge is -2.42. The fraction of sp³-hybridized carbons (Fsp3) is 0.350. The number of anilines is 2. The van der Waals surface area contributed by atoms with Crippen LogP contribution in [0.1, 0.15) is 35.1 Å². The minimum atomic E-state index is -4.94. The van der Waals surface area contributed by atoms with Gasteiger partial charge in [0.1, 0.15) is 17.3 Å². The van der Waals surface area contributed by atoms with Gasteiger partial charge in [-0.15, -0.1) is 13.2 Å². The highest BCUT2D eigenvalue weighted by Gasteiger charge is 2.43. The van der Waals surface area contributed by atoms with Crippen molar-refractivity contribution in [3.05, 3.63) is 106 Å². The monoisotopic (exact) mass is 790 g/mol. The fourth-order valence-corrected chi connectivity index (χ4v) is 8.03. The normalized spacial score (nSPS) is 19.1. The number of hydrogen-bond donors (Lipinski definition) is 3. The first-order chi connectivity index (χ1) is 27.2. The Hall–Kier alpha value is -5.81. The van der Waals surface area contributed by atoms with Gasteiger partial charge in [0, 0.05) is 86.8 Å². The molecule has 0 aliphatic carbocycles. The van der Waals surface area contributed by atoms with Crippen molar-refractivity contribution in [3.63, 3.8) is 0 Å². The number of alkyl halides is 5. The number of fused-ring (bicyclic) bond motifs is 2. The largest absolute Gasteiger partial charge is 0.573 e. The van der Waals surface area contributed by atoms with Crippen LogP contribution < -0.4 is 25.8 Å². The minimum absolute atomic E-state index is 0.0895. The predicted molar refractivity (Wildman–Crippen MR) is 202 cm³/mol. The lowest BCUT2D eigenvalue weighted by atomic mass is 9.93. The van der Waals surface area contributed by atoms with Gasteiger partial charge in [0.2, 0.25) is 11.8 Å². The lowest BCUT2D eigenvalue weighted by molar-refractivity contribution is -0.275. The summed E-state index contributed by atoms with van der Waals surface area (Å²) in [4.78, 5) is 40.9. The number of halogens is 5. The number of amides is 2. The molecule has 12 nitrogen and oxygen atoms in total. The molecule has 3 aliphatic heterocycles. The number of rotatable bonds is 9. The number of aryl methyl sites for hydroxylation is 1. The average Bonchev–Trinajstić information content (AvgIpc) is 3.65. The second-order valence-electron chi connectivity index (χ2n) is 14.7. The highest BCUT2D eigenvalue weighted by Crippen LogP contribution is 2.36. The summed E-state index contributed by atoms with van der Waals surface area (Å²) in [6.45, 7) is 1.48. The quantitative estimate of drug-likeness (QED) is 0.101. The minimum Gasteiger partial charge on any atom is -0.405 e. The summed E-state index contributed by atoms with van der Waals surface area (Å²) in [5.74, 6) is -1.08. The van der Waals surface area contributed by atoms with E-state index in [2.05, 4.69) is 25.6 Å². The molecule has 3 aliphatic rings. The Balaban J connectivity index is 0.928. The molecule has 0 radical (unpaired) electrons. The van der Waals surface area contributed by atoms with Crippen molar-refractivity contribution in [1.29, 1.82) is 0 Å². The number of piperazine rings is 1. The number of nitrogens with zero attached hydrogens (tertiary/aromatic N) is 5. The van der Waals surface area contributed by atoms with Crippen LogP contribution in [0.25, 0.3) is 22.0 Å². The molecule has 2 aromatic heterocycles. The van der Waals surface area contributed by atoms with Gasteiger partial charge in [-0.05, 0) is 65.4 Å². The van der Waals surface area contributed by atoms with Gasteiger partial charge in [-0.2, -0.15) is 13.9 Å². The first-order valence-corrected chi connectivity index (χ1v) is 18.5. The standard InChI is InChI=1S/C40H39F5N8O4/c1-50-22-32(31-18-46-49-36(31)38(50)56)24-5-6-27(34(17-24)57-40(43,44)45)21-51-14-13-30-25(19-51)3-2-4-26(30)20-52-15-16-53(39(41,42)23-52)29-9-7-28(8-10-29)47-33-11-12-35(54)48-37(33)55/h2-10,17-18,22,33,47H,11-16,19-21,23H2,1H3,(H,46,49)(H,48,54,55). The summed E-state index contributed by atoms with van der Waals surface area (Å²) in [6, 6.07) is 13.2. The third-order valence-corrected chi connectivity index (χ3v) is 10.8. The highest BCUT2D eigenvalue weighted by atomic mass is 19.4. The van der Waals surface area contributed by atoms with Gasteiger partial charge in [0.05, 0.1) is 12.7 Å². The maximum Gasteiger partial charge on any atom is 0.573 e. The molecular formula is C40H39F5N8O4. The topological polar surface area (TPSA) is 128 Å². The summed E-state index contributed by atoms with van der Waals surface area (Å²) < 4.78 is 78.3. The molecule has 57 heavy (non-hydrogen) atoms. The van der Waals surface area contributed by atoms with Crippen molar-refractivity contribution in [1.82, 2.24) is 29.9 Å². The van der Waals surface area contributed by atoms with Gasteiger partial charge >= 0.3 is 12.4 Å². The van der Waals surface area contributed by atoms with Gasteiger partial charge in [0.15, 0.2) is 0 Å². The number of piperidine rings is 1. The van der Waals surface area contributed by atoms with E-state index in [0.717, 1.165) is 21.6 Å². The third kappa shape index (κ3) is 8.07. The Kier molecular flexibility index (Phi) is 9.97. The third-order valence-electron chi connectivity index (χ3n) is 10.8. The molecule has 17 heteroatoms. The zero-order valence-corrected chi connectivity index (χ0v) is 30.8. The van der Waals surface area contributed by atoms with Crippen LogP contribution in [-0.4, -0.2) is 81.0 Å². The molecule has 298 valence electrons. The zero-order valence-electron chi connectivity index (χ0n) is 30.8. The molecular weight excluding hydrogens is 751 g/mol. The van der Waals surface area contributed by atoms with Gasteiger partial charge in [0.25, 0.3) is 5.56 Å². The van der Waals surface area contributed by atoms with E-state index in [-0.39, 0.29) is 42.2 Å². The molecule has 3 aromatic carbocycles. The Morgan fingerprint density at radius 2 is 1.74 bits per heavy atom. The van der Waals surface area contributed by atoms with Crippen molar-refractivity contribution >= 4 is 34.1 Å². The Morgan fingerprint density at radius 3 is 2.49 bits per heavy atom. The summed E-state index contributed by atoms with van der Waals surface area (Å²) in [7, 11) is 1.55. The van der Waals surface area contributed by atoms with Gasteiger partial charge in [-0.3, -0.25) is 34.6 Å². The predicted octanol–water partition coefficient (Wildman–Crippen LogP) is 5.52. The number of benzene rings is 3. The summed E-state index contributed by atoms with van der Waals surface area (Å²) >= 11 is 0. The molecule has 5 heterocycles. The second kappa shape index (κ2) is 14.9. The van der Waals surface area contributed by atoms with Crippen LogP contribution in [0.2, 0.25) is 0 Å². The number of nitrogens with one attached hydrogen (secondary N) is 3. The summed E-state index contributed by atoms with van der Waals surface area (Å²) in [5, 5.41) is 12.4. The van der Waals surface area contributed by atoms with Crippen LogP contribution >= 0.6 is 0 Å². The maximum atomic E-state index is 15.7. The number of ether oxygens (including phenoxy) is 1. The van der Waals surface area contributed by atoms with Gasteiger partial charge < -0.3 is 19.5 Å². The van der Waals surface area contributed by atoms with Crippen LogP contribution in [-0.2, 0) is 42.7 Å². The molecule has 0 spiro atoms. The first-order valence-electron chi connectivity index (χ1n) is 18.5. The first kappa shape index (κ1) is 38.1. The van der Waals surface area contributed by atoms with Gasteiger partial charge in [-0.25, -0.2) is 0 Å². The zero-order chi connectivity index (χ0) is 40.1. The maximum absolute atomic E-state index is 15.7. The molecule has 1 atom stereocenters. The number of imide groups is 1. The molecule has 2 fully saturated rings. The van der Waals surface area contributed by atoms with E-state index in [1.807, 2.05) is 23.1 Å². The van der Waals surface area contributed by atoms with Crippen LogP contribution in [0.15, 0.2) is 77.9 Å². The van der Waals surface area contributed by atoms with E-state index in [1.54, 1.807) is 54.5 Å². The van der Waals surface area contributed by atoms with Crippen LogP contribution in [0.4, 0.5) is 33.3 Å². The second-order valence-corrected chi connectivity index (χ2v) is 14.7. The van der Waals surface area contributed by atoms with Crippen LogP contribution in [0.5, 0.6) is 5.75 Å². The molecule has 2 saturated heterocycles. The van der Waals surface area contributed by atoms with Crippen molar-refractivity contribution in [2.45, 2.75) is 57.3 Å². The van der Waals surface area contributed by atoms with Crippen LogP contribution in [0.3, 0.4) is 0 Å². The molecule has 5 aromatic rings. The molecule has 1 unspecified atom stereocenters. The smallest absolute Gasteiger partial charge is 0.405 e. The number of aromatic amines is 1. The molecule has 2 amide bonds. The van der Waals surface area contributed by atoms with E-state index >= 15 is 8.78 Å². The Morgan fingerprint density at radius 1 is 0.947 bits per heavy atom. The highest BCUT2D eigenvalue weighted by molar-refractivity contribution is 6.01. The van der Waals surface area contributed by atoms with Crippen molar-refractivity contribution < 1.29 is 36.3 Å². The number of carbonyl (C=O) groups is 2. The number of hydrogen-bond acceptors (Lipinski definition) is 9. The summed E-state index contributed by atoms with van der Waals surface area (Å²) in [5.41, 5.74) is 5.13. The molecule has 0 bridgehead atoms. The van der Waals surface area contributed by atoms with E-state index in [0.29, 0.717) is 72.5 Å². The van der Waals surface area contributed by atoms with E-state index in [4.69, 9.17) is 0 Å². The molecule has 8 rings (SSSR count). The number of carbonyl (C=O) groups excluding carboxylic acids is 2. The van der Waals surface area contributed by atoms with E-state index in [9.17, 15) is 27.6 Å². The van der Waals surface area contributed by atoms with E-state index in [1.165, 1.54) is 16.8 Å². The molecule has 3 N–H and O–H groups in total. The van der Waals surface area contributed by atoms with Crippen LogP contribution in [0, 0.1) is 0 Å². The molecule has 0 saturated carbocycles. The van der Waals surface area contributed by atoms with E-state index < -0.39 is 30.9 Å². The lowest BCUT2D eigenvalue weighted by Crippen LogP contribution is -2.57. The summed E-state index contributed by atoms with van der Waals surface area (Å²) in [6.07, 6.45) is -0.758. The van der Waals surface area contributed by atoms with Crippen molar-refractivity contribution in [3.8, 4) is 16.9 Å². The number of pyridine rings is 1. The Labute approximate surface area is 323 Å². The van der Waals surface area contributed by atoms with Crippen molar-refractivity contribution in [2.24, 2.45) is 7.05 Å². The van der Waals surface area contributed by atoms with Crippen molar-refractivity contribution in [2.75, 3.05) is 36.4 Å². The number of H-pyrrole nitrogens is 1. The van der Waals surface area contributed by atoms with Gasteiger partial charge in [-0.1, -0.05) is 30.3 Å². The Bertz CT molecular complexity index is 2400.